The predicted molar refractivity (Wildman–Crippen MR) is 55.6 cm³/mol. The van der Waals surface area contributed by atoms with Crippen LogP contribution in [0.5, 0.6) is 0 Å². The van der Waals surface area contributed by atoms with E-state index in [1.807, 2.05) is 0 Å². The smallest absolute Gasteiger partial charge is 0.335 e. The lowest BCUT2D eigenvalue weighted by atomic mass is 10.0. The lowest BCUT2D eigenvalue weighted by Crippen LogP contribution is -2.20. The summed E-state index contributed by atoms with van der Waals surface area (Å²) < 4.78 is 0. The third kappa shape index (κ3) is 2.63. The predicted octanol–water partition coefficient (Wildman–Crippen LogP) is 1.36. The van der Waals surface area contributed by atoms with Gasteiger partial charge in [0.05, 0.1) is 11.6 Å². The molecule has 1 rings (SSSR count). The van der Waals surface area contributed by atoms with Crippen molar-refractivity contribution in [2.45, 2.75) is 19.4 Å². The summed E-state index contributed by atoms with van der Waals surface area (Å²) in [6, 6.07) is 5.38. The van der Waals surface area contributed by atoms with Crippen molar-refractivity contribution in [1.29, 1.82) is 0 Å². The molecule has 0 aromatic heterocycles. The van der Waals surface area contributed by atoms with E-state index in [2.05, 4.69) is 0 Å². The van der Waals surface area contributed by atoms with Crippen LogP contribution in [0.1, 0.15) is 35.3 Å². The van der Waals surface area contributed by atoms with Crippen LogP contribution in [-0.2, 0) is 4.79 Å². The second-order valence-electron chi connectivity index (χ2n) is 3.22. The van der Waals surface area contributed by atoms with Crippen molar-refractivity contribution in [3.63, 3.8) is 0 Å². The van der Waals surface area contributed by atoms with Crippen LogP contribution in [0.25, 0.3) is 0 Å². The zero-order valence-corrected chi connectivity index (χ0v) is 8.43. The number of ketones is 1. The molecule has 0 aliphatic rings. The molecular weight excluding hydrogens is 194 g/mol. The number of hydrogen-bond donors (Lipinski definition) is 2. The van der Waals surface area contributed by atoms with E-state index in [0.717, 1.165) is 0 Å². The lowest BCUT2D eigenvalue weighted by Gasteiger charge is -2.09. The minimum atomic E-state index is -0.989. The highest BCUT2D eigenvalue weighted by atomic mass is 16.4. The Morgan fingerprint density at radius 2 is 1.87 bits per heavy atom. The Morgan fingerprint density at radius 1 is 1.33 bits per heavy atom. The monoisotopic (exact) mass is 207 g/mol. The van der Waals surface area contributed by atoms with Crippen molar-refractivity contribution in [2.24, 2.45) is 5.73 Å². The van der Waals surface area contributed by atoms with Crippen molar-refractivity contribution < 1.29 is 14.7 Å². The maximum atomic E-state index is 11.3. The van der Waals surface area contributed by atoms with Crippen molar-refractivity contribution in [1.82, 2.24) is 0 Å². The number of aromatic carboxylic acids is 1. The number of Topliss-reactive ketones (excluding diaryl/α,β-unsaturated/α-hetero) is 1. The highest BCUT2D eigenvalue weighted by Gasteiger charge is 2.13. The van der Waals surface area contributed by atoms with E-state index in [1.54, 1.807) is 19.1 Å². The van der Waals surface area contributed by atoms with E-state index >= 15 is 0 Å². The number of carbonyl (C=O) groups is 2. The van der Waals surface area contributed by atoms with Gasteiger partial charge >= 0.3 is 5.97 Å². The van der Waals surface area contributed by atoms with Gasteiger partial charge in [0.15, 0.2) is 5.78 Å². The molecular formula is C11H13NO3. The molecule has 1 atom stereocenters. The summed E-state index contributed by atoms with van der Waals surface area (Å²) in [5.74, 6) is -1.05. The van der Waals surface area contributed by atoms with E-state index in [4.69, 9.17) is 10.8 Å². The molecule has 4 heteroatoms. The fourth-order valence-corrected chi connectivity index (χ4v) is 1.24. The first-order chi connectivity index (χ1) is 7.06. The van der Waals surface area contributed by atoms with Crippen LogP contribution in [0.4, 0.5) is 0 Å². The van der Waals surface area contributed by atoms with Crippen LogP contribution < -0.4 is 5.73 Å². The highest BCUT2D eigenvalue weighted by Crippen LogP contribution is 2.13. The SMILES string of the molecule is CCC(=O)C(N)c1ccc(C(=O)O)cc1. The number of carbonyl (C=O) groups excluding carboxylic acids is 1. The molecule has 0 spiro atoms. The Balaban J connectivity index is 2.89. The van der Waals surface area contributed by atoms with Gasteiger partial charge in [0.2, 0.25) is 0 Å². The summed E-state index contributed by atoms with van der Waals surface area (Å²) >= 11 is 0. The van der Waals surface area contributed by atoms with Gasteiger partial charge in [-0.1, -0.05) is 19.1 Å². The summed E-state index contributed by atoms with van der Waals surface area (Å²) in [5.41, 5.74) is 6.51. The van der Waals surface area contributed by atoms with Gasteiger partial charge in [-0.3, -0.25) is 4.79 Å². The van der Waals surface area contributed by atoms with Crippen molar-refractivity contribution >= 4 is 11.8 Å². The third-order valence-corrected chi connectivity index (χ3v) is 2.21. The average molecular weight is 207 g/mol. The molecule has 0 heterocycles. The Morgan fingerprint density at radius 3 is 2.27 bits per heavy atom. The second kappa shape index (κ2) is 4.70. The molecule has 0 saturated heterocycles. The van der Waals surface area contributed by atoms with E-state index in [1.165, 1.54) is 12.1 Å². The standard InChI is InChI=1S/C11H13NO3/c1-2-9(13)10(12)7-3-5-8(6-4-7)11(14)15/h3-6,10H,2,12H2,1H3,(H,14,15). The molecule has 1 aromatic carbocycles. The quantitative estimate of drug-likeness (QED) is 0.781. The largest absolute Gasteiger partial charge is 0.478 e. The summed E-state index contributed by atoms with van der Waals surface area (Å²) in [6.45, 7) is 1.74. The van der Waals surface area contributed by atoms with Gasteiger partial charge < -0.3 is 10.8 Å². The second-order valence-corrected chi connectivity index (χ2v) is 3.22. The van der Waals surface area contributed by atoms with Gasteiger partial charge in [-0.05, 0) is 17.7 Å². The Kier molecular flexibility index (Phi) is 3.57. The molecule has 0 amide bonds. The first-order valence-corrected chi connectivity index (χ1v) is 4.67. The molecule has 15 heavy (non-hydrogen) atoms. The first-order valence-electron chi connectivity index (χ1n) is 4.67. The summed E-state index contributed by atoms with van der Waals surface area (Å²) in [4.78, 5) is 21.9. The summed E-state index contributed by atoms with van der Waals surface area (Å²) in [5, 5.41) is 8.67. The lowest BCUT2D eigenvalue weighted by molar-refractivity contribution is -0.120. The van der Waals surface area contributed by atoms with Gasteiger partial charge in [-0.2, -0.15) is 0 Å². The van der Waals surface area contributed by atoms with Crippen molar-refractivity contribution in [2.75, 3.05) is 0 Å². The summed E-state index contributed by atoms with van der Waals surface area (Å²) in [7, 11) is 0. The topological polar surface area (TPSA) is 80.4 Å². The Hall–Kier alpha value is -1.68. The maximum absolute atomic E-state index is 11.3. The number of nitrogens with two attached hydrogens (primary N) is 1. The zero-order valence-electron chi connectivity index (χ0n) is 8.43. The minimum Gasteiger partial charge on any atom is -0.478 e. The number of carboxylic acids is 1. The van der Waals surface area contributed by atoms with Crippen molar-refractivity contribution in [3.8, 4) is 0 Å². The van der Waals surface area contributed by atoms with Crippen LogP contribution in [0.15, 0.2) is 24.3 Å². The van der Waals surface area contributed by atoms with Crippen LogP contribution in [0.3, 0.4) is 0 Å². The summed E-state index contributed by atoms with van der Waals surface area (Å²) in [6.07, 6.45) is 0.377. The van der Waals surface area contributed by atoms with Crippen LogP contribution >= 0.6 is 0 Å². The van der Waals surface area contributed by atoms with Gasteiger partial charge in [0.1, 0.15) is 0 Å². The minimum absolute atomic E-state index is 0.0573. The van der Waals surface area contributed by atoms with Gasteiger partial charge in [0, 0.05) is 6.42 Å². The molecule has 0 bridgehead atoms. The van der Waals surface area contributed by atoms with Gasteiger partial charge in [0.25, 0.3) is 0 Å². The number of benzene rings is 1. The van der Waals surface area contributed by atoms with Crippen LogP contribution in [0.2, 0.25) is 0 Å². The number of hydrogen-bond acceptors (Lipinski definition) is 3. The normalized spacial score (nSPS) is 12.1. The highest BCUT2D eigenvalue weighted by molar-refractivity contribution is 5.88. The Bertz CT molecular complexity index is 370. The van der Waals surface area contributed by atoms with Crippen LogP contribution in [0, 0.1) is 0 Å². The van der Waals surface area contributed by atoms with Gasteiger partial charge in [-0.15, -0.1) is 0 Å². The zero-order chi connectivity index (χ0) is 11.4. The molecule has 3 N–H and O–H groups in total. The average Bonchev–Trinajstić information content (AvgIpc) is 2.27. The van der Waals surface area contributed by atoms with Crippen LogP contribution in [-0.4, -0.2) is 16.9 Å². The Labute approximate surface area is 87.7 Å². The molecule has 1 unspecified atom stereocenters. The molecule has 0 saturated carbocycles. The molecule has 0 radical (unpaired) electrons. The maximum Gasteiger partial charge on any atom is 0.335 e. The molecule has 0 fully saturated rings. The third-order valence-electron chi connectivity index (χ3n) is 2.21. The number of rotatable bonds is 4. The number of carboxylic acid groups (broad SMARTS) is 1. The molecule has 80 valence electrons. The molecule has 1 aromatic rings. The van der Waals surface area contributed by atoms with E-state index in [0.29, 0.717) is 12.0 Å². The fraction of sp³-hybridized carbons (Fsp3) is 0.273. The molecule has 0 aliphatic heterocycles. The molecule has 4 nitrogen and oxygen atoms in total. The van der Waals surface area contributed by atoms with E-state index < -0.39 is 12.0 Å². The van der Waals surface area contributed by atoms with Gasteiger partial charge in [-0.25, -0.2) is 4.79 Å². The molecule has 0 aliphatic carbocycles. The van der Waals surface area contributed by atoms with E-state index in [9.17, 15) is 9.59 Å². The first kappa shape index (κ1) is 11.4. The fourth-order valence-electron chi connectivity index (χ4n) is 1.24. The van der Waals surface area contributed by atoms with Crippen molar-refractivity contribution in [3.05, 3.63) is 35.4 Å². The van der Waals surface area contributed by atoms with E-state index in [-0.39, 0.29) is 11.3 Å².